The molecule has 2 aromatic heterocycles. The molecule has 0 atom stereocenters. The first-order chi connectivity index (χ1) is 38.7. The molecule has 0 N–H and O–H groups in total. The van der Waals surface area contributed by atoms with Crippen LogP contribution in [-0.4, -0.2) is 4.98 Å². The average molecular weight is 1040 g/mol. The molecule has 0 aliphatic heterocycles. The highest BCUT2D eigenvalue weighted by atomic mass is 32.1. The van der Waals surface area contributed by atoms with Crippen LogP contribution < -0.4 is 9.80 Å². The van der Waals surface area contributed by atoms with Gasteiger partial charge in [0.15, 0.2) is 0 Å². The minimum absolute atomic E-state index is 0.489. The number of benzene rings is 10. The number of nitrogens with zero attached hydrogens (tertiary/aromatic N) is 3. The molecule has 0 amide bonds. The van der Waals surface area contributed by atoms with Crippen LogP contribution in [0.1, 0.15) is 51.4 Å². The average Bonchev–Trinajstić information content (AvgIpc) is 4.23. The molecule has 4 heteroatoms. The van der Waals surface area contributed by atoms with Gasteiger partial charge < -0.3 is 9.80 Å². The molecule has 0 spiro atoms. The van der Waals surface area contributed by atoms with Crippen molar-refractivity contribution in [2.75, 3.05) is 9.80 Å². The van der Waals surface area contributed by atoms with E-state index in [2.05, 4.69) is 298 Å². The van der Waals surface area contributed by atoms with Gasteiger partial charge in [-0.05, 0) is 175 Å². The van der Waals surface area contributed by atoms with Gasteiger partial charge in [0.05, 0.1) is 5.41 Å². The summed E-state index contributed by atoms with van der Waals surface area (Å²) in [5.41, 5.74) is 21.3. The third-order valence-electron chi connectivity index (χ3n) is 15.1. The number of hydrogen-bond donors (Lipinski definition) is 0. The second kappa shape index (κ2) is 23.1. The molecule has 0 saturated carbocycles. The minimum Gasteiger partial charge on any atom is -0.310 e. The summed E-state index contributed by atoms with van der Waals surface area (Å²) in [6, 6.07) is 93.1. The molecule has 384 valence electrons. The van der Waals surface area contributed by atoms with Crippen molar-refractivity contribution in [1.82, 2.24) is 4.98 Å². The molecular formula is C75H63N3S. The van der Waals surface area contributed by atoms with Crippen molar-refractivity contribution in [2.24, 2.45) is 0 Å². The molecule has 1 aliphatic carbocycles. The van der Waals surface area contributed by atoms with E-state index in [0.717, 1.165) is 50.1 Å². The Labute approximate surface area is 470 Å². The maximum absolute atomic E-state index is 4.65. The predicted molar refractivity (Wildman–Crippen MR) is 340 cm³/mol. The molecule has 0 saturated heterocycles. The monoisotopic (exact) mass is 1040 g/mol. The van der Waals surface area contributed by atoms with E-state index in [1.54, 1.807) is 17.4 Å². The number of hydrogen-bond acceptors (Lipinski definition) is 4. The lowest BCUT2D eigenvalue weighted by Crippen LogP contribution is -2.28. The van der Waals surface area contributed by atoms with Gasteiger partial charge in [-0.1, -0.05) is 206 Å². The van der Waals surface area contributed by atoms with Crippen molar-refractivity contribution >= 4 is 65.8 Å². The minimum atomic E-state index is -0.489. The number of aryl methyl sites for hydroxylation is 4. The van der Waals surface area contributed by atoms with Gasteiger partial charge in [-0.25, -0.2) is 4.98 Å². The van der Waals surface area contributed by atoms with Crippen LogP contribution in [0.15, 0.2) is 286 Å². The summed E-state index contributed by atoms with van der Waals surface area (Å²) in [4.78, 5) is 10.5. The SMILES string of the molecule is C=C/C=C\C.Cc1ccc(N(c2ccc(-c3ccc(N(c4ccc(C)cc4)c4ccc5c(c4)sc4ncccc45)cc3)cc2)c2ccc3c(c2)C(c2ccccc2)(c2ccccc2)c2ccccc2-3)cc1.Cc1ccccc1C. The van der Waals surface area contributed by atoms with Crippen LogP contribution in [0.2, 0.25) is 0 Å². The summed E-state index contributed by atoms with van der Waals surface area (Å²) < 4.78 is 1.23. The van der Waals surface area contributed by atoms with E-state index in [-0.39, 0.29) is 0 Å². The maximum atomic E-state index is 4.65. The molecule has 0 unspecified atom stereocenters. The van der Waals surface area contributed by atoms with Crippen molar-refractivity contribution in [3.8, 4) is 22.3 Å². The number of fused-ring (bicyclic) bond motifs is 6. The highest BCUT2D eigenvalue weighted by molar-refractivity contribution is 7.25. The van der Waals surface area contributed by atoms with Crippen molar-refractivity contribution in [3.05, 3.63) is 330 Å². The first-order valence-corrected chi connectivity index (χ1v) is 27.9. The Bertz CT molecular complexity index is 4000. The van der Waals surface area contributed by atoms with Crippen LogP contribution in [0.3, 0.4) is 0 Å². The summed E-state index contributed by atoms with van der Waals surface area (Å²) >= 11 is 1.75. The van der Waals surface area contributed by atoms with Crippen LogP contribution >= 0.6 is 11.3 Å². The lowest BCUT2D eigenvalue weighted by molar-refractivity contribution is 0.768. The Morgan fingerprint density at radius 1 is 0.418 bits per heavy atom. The number of thiophene rings is 1. The first-order valence-electron chi connectivity index (χ1n) is 27.1. The Hall–Kier alpha value is -9.35. The quantitative estimate of drug-likeness (QED) is 0.127. The van der Waals surface area contributed by atoms with Crippen LogP contribution in [0.25, 0.3) is 42.6 Å². The van der Waals surface area contributed by atoms with Crippen molar-refractivity contribution < 1.29 is 0 Å². The first kappa shape index (κ1) is 51.7. The Morgan fingerprint density at radius 2 is 0.873 bits per heavy atom. The standard InChI is InChI=1S/C62H45N3S.C8H10.C5H8/c1-42-19-27-48(28-20-42)64(52-35-37-55-54-16-9-10-18-58(54)62(59(55)40-52,46-12-5-3-6-13-46)47-14-7-4-8-15-47)50-31-23-44(24-32-50)45-25-33-51(34-26-45)65(49-29-21-43(2)22-30-49)53-36-38-56-57-17-11-39-63-61(57)66-60(56)41-53;1-7-5-3-4-6-8(7)2;1-3-5-4-2/h3-41H,1-2H3;3-6H,1-2H3;3-5H,1H2,2H3/b;;5-4-. The van der Waals surface area contributed by atoms with Crippen molar-refractivity contribution in [1.29, 1.82) is 0 Å². The molecular weight excluding hydrogens is 975 g/mol. The zero-order valence-corrected chi connectivity index (χ0v) is 46.3. The molecule has 0 radical (unpaired) electrons. The van der Waals surface area contributed by atoms with E-state index in [9.17, 15) is 0 Å². The lowest BCUT2D eigenvalue weighted by Gasteiger charge is -2.35. The fraction of sp³-hybridized carbons (Fsp3) is 0.0800. The fourth-order valence-corrected chi connectivity index (χ4v) is 12.1. The van der Waals surface area contributed by atoms with E-state index < -0.39 is 5.41 Å². The number of allylic oxidation sites excluding steroid dienone is 3. The summed E-state index contributed by atoms with van der Waals surface area (Å²) in [5.74, 6) is 0. The predicted octanol–water partition coefficient (Wildman–Crippen LogP) is 21.1. The molecule has 0 bridgehead atoms. The smallest absolute Gasteiger partial charge is 0.124 e. The van der Waals surface area contributed by atoms with Gasteiger partial charge in [0.2, 0.25) is 0 Å². The van der Waals surface area contributed by atoms with E-state index >= 15 is 0 Å². The zero-order chi connectivity index (χ0) is 54.3. The summed E-state index contributed by atoms with van der Waals surface area (Å²) in [6.07, 6.45) is 7.45. The number of rotatable bonds is 10. The normalized spacial score (nSPS) is 12.0. The van der Waals surface area contributed by atoms with E-state index in [0.29, 0.717) is 0 Å². The van der Waals surface area contributed by atoms with Gasteiger partial charge in [0.1, 0.15) is 4.83 Å². The molecule has 79 heavy (non-hydrogen) atoms. The number of pyridine rings is 1. The van der Waals surface area contributed by atoms with Crippen LogP contribution in [-0.2, 0) is 5.41 Å². The molecule has 1 aliphatic rings. The Kier molecular flexibility index (Phi) is 15.1. The van der Waals surface area contributed by atoms with Crippen LogP contribution in [0.5, 0.6) is 0 Å². The van der Waals surface area contributed by atoms with Gasteiger partial charge in [-0.2, -0.15) is 0 Å². The van der Waals surface area contributed by atoms with Gasteiger partial charge in [0, 0.05) is 55.8 Å². The molecule has 2 heterocycles. The van der Waals surface area contributed by atoms with Gasteiger partial charge in [-0.3, -0.25) is 0 Å². The number of anilines is 6. The maximum Gasteiger partial charge on any atom is 0.124 e. The van der Waals surface area contributed by atoms with Crippen LogP contribution in [0.4, 0.5) is 34.1 Å². The fourth-order valence-electron chi connectivity index (χ4n) is 11.0. The summed E-state index contributed by atoms with van der Waals surface area (Å²) in [5, 5.41) is 2.44. The molecule has 12 aromatic rings. The largest absolute Gasteiger partial charge is 0.310 e. The second-order valence-corrected chi connectivity index (χ2v) is 21.2. The third kappa shape index (κ3) is 10.4. The molecule has 0 fully saturated rings. The van der Waals surface area contributed by atoms with Gasteiger partial charge in [0.25, 0.3) is 0 Å². The van der Waals surface area contributed by atoms with Gasteiger partial charge in [-0.15, -0.1) is 11.3 Å². The van der Waals surface area contributed by atoms with Crippen LogP contribution in [0, 0.1) is 27.7 Å². The highest BCUT2D eigenvalue weighted by Gasteiger charge is 2.46. The van der Waals surface area contributed by atoms with Crippen molar-refractivity contribution in [3.63, 3.8) is 0 Å². The summed E-state index contributed by atoms with van der Waals surface area (Å²) in [7, 11) is 0. The Morgan fingerprint density at radius 3 is 1.38 bits per heavy atom. The third-order valence-corrected chi connectivity index (χ3v) is 16.2. The summed E-state index contributed by atoms with van der Waals surface area (Å²) in [6.45, 7) is 14.0. The Balaban J connectivity index is 0.000000452. The van der Waals surface area contributed by atoms with Crippen molar-refractivity contribution in [2.45, 2.75) is 40.0 Å². The van der Waals surface area contributed by atoms with E-state index in [4.69, 9.17) is 0 Å². The van der Waals surface area contributed by atoms with Gasteiger partial charge >= 0.3 is 0 Å². The topological polar surface area (TPSA) is 19.4 Å². The highest BCUT2D eigenvalue weighted by Crippen LogP contribution is 2.57. The van der Waals surface area contributed by atoms with E-state index in [1.807, 2.05) is 31.3 Å². The zero-order valence-electron chi connectivity index (χ0n) is 45.5. The molecule has 13 rings (SSSR count). The van der Waals surface area contributed by atoms with E-state index in [1.165, 1.54) is 71.1 Å². The second-order valence-electron chi connectivity index (χ2n) is 20.2. The number of aromatic nitrogens is 1. The molecule has 10 aromatic carbocycles. The lowest BCUT2D eigenvalue weighted by atomic mass is 9.67. The molecule has 3 nitrogen and oxygen atoms in total.